The fraction of sp³-hybridized carbons (Fsp3) is 0.412. The Morgan fingerprint density at radius 2 is 1.81 bits per heavy atom. The second kappa shape index (κ2) is 5.35. The molecule has 1 fully saturated rings. The van der Waals surface area contributed by atoms with Gasteiger partial charge in [0.05, 0.1) is 0 Å². The van der Waals surface area contributed by atoms with E-state index in [-0.39, 0.29) is 11.8 Å². The smallest absolute Gasteiger partial charge is 0.327 e. The summed E-state index contributed by atoms with van der Waals surface area (Å²) in [5, 5.41) is 9.67. The van der Waals surface area contributed by atoms with Crippen molar-refractivity contribution >= 4 is 17.6 Å². The zero-order chi connectivity index (χ0) is 15.0. The van der Waals surface area contributed by atoms with Crippen molar-refractivity contribution in [1.82, 2.24) is 4.90 Å². The molecule has 1 saturated carbocycles. The summed E-state index contributed by atoms with van der Waals surface area (Å²) in [6, 6.07) is 6.41. The standard InChI is InChI=1S/C17H19NO3/c1-11-13-9-5-6-10-14(13)16(19)18(11)15(17(20)21)12-7-3-2-4-8-12/h5-6,9-10,12,15H,1-4,7-8H2,(H,20,21). The molecular weight excluding hydrogens is 266 g/mol. The van der Waals surface area contributed by atoms with Gasteiger partial charge >= 0.3 is 5.97 Å². The largest absolute Gasteiger partial charge is 0.480 e. The molecule has 0 radical (unpaired) electrons. The van der Waals surface area contributed by atoms with Crippen LogP contribution in [0.15, 0.2) is 30.8 Å². The molecule has 2 aliphatic rings. The Kier molecular flexibility index (Phi) is 3.53. The lowest BCUT2D eigenvalue weighted by molar-refractivity contribution is -0.143. The number of nitrogens with zero attached hydrogens (tertiary/aromatic N) is 1. The maximum Gasteiger partial charge on any atom is 0.327 e. The van der Waals surface area contributed by atoms with E-state index in [1.807, 2.05) is 12.1 Å². The molecule has 0 saturated heterocycles. The van der Waals surface area contributed by atoms with Crippen molar-refractivity contribution in [3.05, 3.63) is 42.0 Å². The molecule has 1 N–H and O–H groups in total. The number of carbonyl (C=O) groups is 2. The van der Waals surface area contributed by atoms with Crippen LogP contribution in [0.25, 0.3) is 5.70 Å². The van der Waals surface area contributed by atoms with Gasteiger partial charge in [0.25, 0.3) is 5.91 Å². The first-order valence-corrected chi connectivity index (χ1v) is 7.46. The lowest BCUT2D eigenvalue weighted by Gasteiger charge is -2.34. The normalized spacial score (nSPS) is 20.5. The molecule has 4 nitrogen and oxygen atoms in total. The van der Waals surface area contributed by atoms with Crippen molar-refractivity contribution in [3.8, 4) is 0 Å². The van der Waals surface area contributed by atoms with E-state index in [2.05, 4.69) is 6.58 Å². The Morgan fingerprint density at radius 3 is 2.38 bits per heavy atom. The van der Waals surface area contributed by atoms with E-state index in [0.29, 0.717) is 11.3 Å². The number of benzene rings is 1. The highest BCUT2D eigenvalue weighted by molar-refractivity contribution is 6.10. The molecule has 3 rings (SSSR count). The highest BCUT2D eigenvalue weighted by Crippen LogP contribution is 2.38. The summed E-state index contributed by atoms with van der Waals surface area (Å²) in [5.41, 5.74) is 1.84. The van der Waals surface area contributed by atoms with Crippen molar-refractivity contribution in [2.24, 2.45) is 5.92 Å². The minimum Gasteiger partial charge on any atom is -0.480 e. The highest BCUT2D eigenvalue weighted by Gasteiger charge is 2.43. The van der Waals surface area contributed by atoms with Crippen molar-refractivity contribution in [1.29, 1.82) is 0 Å². The van der Waals surface area contributed by atoms with Gasteiger partial charge in [0.1, 0.15) is 6.04 Å². The molecule has 1 aromatic rings. The summed E-state index contributed by atoms with van der Waals surface area (Å²) in [6.07, 6.45) is 4.96. The first-order valence-electron chi connectivity index (χ1n) is 7.46. The molecule has 1 atom stereocenters. The molecule has 0 bridgehead atoms. The van der Waals surface area contributed by atoms with Gasteiger partial charge in [0.15, 0.2) is 0 Å². The van der Waals surface area contributed by atoms with Crippen LogP contribution in [-0.2, 0) is 4.79 Å². The number of amides is 1. The van der Waals surface area contributed by atoms with Crippen LogP contribution in [0.3, 0.4) is 0 Å². The number of hydrogen-bond acceptors (Lipinski definition) is 2. The minimum atomic E-state index is -0.927. The lowest BCUT2D eigenvalue weighted by Crippen LogP contribution is -2.46. The van der Waals surface area contributed by atoms with Crippen LogP contribution in [0.2, 0.25) is 0 Å². The topological polar surface area (TPSA) is 57.6 Å². The van der Waals surface area contributed by atoms with Gasteiger partial charge < -0.3 is 5.11 Å². The van der Waals surface area contributed by atoms with Gasteiger partial charge in [-0.3, -0.25) is 9.69 Å². The second-order valence-electron chi connectivity index (χ2n) is 5.85. The maximum atomic E-state index is 12.6. The number of fused-ring (bicyclic) bond motifs is 1. The van der Waals surface area contributed by atoms with E-state index in [1.54, 1.807) is 12.1 Å². The molecule has 21 heavy (non-hydrogen) atoms. The summed E-state index contributed by atoms with van der Waals surface area (Å²) in [7, 11) is 0. The van der Waals surface area contributed by atoms with Crippen LogP contribution < -0.4 is 0 Å². The Bertz CT molecular complexity index is 567. The molecule has 1 unspecified atom stereocenters. The average molecular weight is 285 g/mol. The lowest BCUT2D eigenvalue weighted by atomic mass is 9.83. The quantitative estimate of drug-likeness (QED) is 0.928. The Morgan fingerprint density at radius 1 is 1.19 bits per heavy atom. The molecule has 4 heteroatoms. The minimum absolute atomic E-state index is 0.0197. The van der Waals surface area contributed by atoms with Crippen molar-refractivity contribution in [2.75, 3.05) is 0 Å². The van der Waals surface area contributed by atoms with Gasteiger partial charge in [0, 0.05) is 16.8 Å². The van der Waals surface area contributed by atoms with Crippen molar-refractivity contribution < 1.29 is 14.7 Å². The molecule has 110 valence electrons. The zero-order valence-electron chi connectivity index (χ0n) is 11.9. The maximum absolute atomic E-state index is 12.6. The van der Waals surface area contributed by atoms with E-state index in [0.717, 1.165) is 37.7 Å². The Hall–Kier alpha value is -2.10. The number of rotatable bonds is 3. The van der Waals surface area contributed by atoms with Crippen LogP contribution in [-0.4, -0.2) is 27.9 Å². The van der Waals surface area contributed by atoms with Crippen molar-refractivity contribution in [2.45, 2.75) is 38.1 Å². The third-order valence-corrected chi connectivity index (χ3v) is 4.61. The van der Waals surface area contributed by atoms with Gasteiger partial charge in [-0.05, 0) is 24.8 Å². The van der Waals surface area contributed by atoms with E-state index in [4.69, 9.17) is 0 Å². The van der Waals surface area contributed by atoms with Gasteiger partial charge in [0.2, 0.25) is 0 Å². The predicted octanol–water partition coefficient (Wildman–Crippen LogP) is 3.15. The molecule has 0 spiro atoms. The van der Waals surface area contributed by atoms with Gasteiger partial charge in [-0.15, -0.1) is 0 Å². The van der Waals surface area contributed by atoms with Gasteiger partial charge in [-0.2, -0.15) is 0 Å². The molecule has 1 aromatic carbocycles. The van der Waals surface area contributed by atoms with E-state index >= 15 is 0 Å². The SMILES string of the molecule is C=C1c2ccccc2C(=O)N1C(C(=O)O)C1CCCCC1. The molecule has 0 aromatic heterocycles. The fourth-order valence-electron chi connectivity index (χ4n) is 3.57. The van der Waals surface area contributed by atoms with Crippen molar-refractivity contribution in [3.63, 3.8) is 0 Å². The number of hydrogen-bond donors (Lipinski definition) is 1. The van der Waals surface area contributed by atoms with Crippen LogP contribution in [0, 0.1) is 5.92 Å². The monoisotopic (exact) mass is 285 g/mol. The number of carboxylic acid groups (broad SMARTS) is 1. The third-order valence-electron chi connectivity index (χ3n) is 4.61. The second-order valence-corrected chi connectivity index (χ2v) is 5.85. The van der Waals surface area contributed by atoms with Crippen LogP contribution in [0.5, 0.6) is 0 Å². The van der Waals surface area contributed by atoms with Crippen LogP contribution in [0.4, 0.5) is 0 Å². The Balaban J connectivity index is 1.96. The summed E-state index contributed by atoms with van der Waals surface area (Å²) >= 11 is 0. The third kappa shape index (κ3) is 2.24. The summed E-state index contributed by atoms with van der Waals surface area (Å²) < 4.78 is 0. The van der Waals surface area contributed by atoms with E-state index in [9.17, 15) is 14.7 Å². The summed E-state index contributed by atoms with van der Waals surface area (Å²) in [6.45, 7) is 3.97. The molecule has 1 heterocycles. The first-order chi connectivity index (χ1) is 10.1. The molecular formula is C17H19NO3. The molecule has 1 aliphatic heterocycles. The van der Waals surface area contributed by atoms with Gasteiger partial charge in [-0.1, -0.05) is 44.0 Å². The van der Waals surface area contributed by atoms with E-state index in [1.165, 1.54) is 4.90 Å². The summed E-state index contributed by atoms with van der Waals surface area (Å²) in [5.74, 6) is -1.14. The van der Waals surface area contributed by atoms with Gasteiger partial charge in [-0.25, -0.2) is 4.79 Å². The van der Waals surface area contributed by atoms with Crippen LogP contribution in [0.1, 0.15) is 48.0 Å². The number of aliphatic carboxylic acids is 1. The highest BCUT2D eigenvalue weighted by atomic mass is 16.4. The zero-order valence-corrected chi connectivity index (χ0v) is 11.9. The first kappa shape index (κ1) is 13.9. The fourth-order valence-corrected chi connectivity index (χ4v) is 3.57. The molecule has 1 aliphatic carbocycles. The van der Waals surface area contributed by atoms with E-state index < -0.39 is 12.0 Å². The summed E-state index contributed by atoms with van der Waals surface area (Å²) in [4.78, 5) is 25.8. The number of carboxylic acids is 1. The predicted molar refractivity (Wildman–Crippen MR) is 79.6 cm³/mol. The average Bonchev–Trinajstić information content (AvgIpc) is 2.74. The van der Waals surface area contributed by atoms with Crippen LogP contribution >= 0.6 is 0 Å². The number of carbonyl (C=O) groups excluding carboxylic acids is 1. The Labute approximate surface area is 124 Å². The molecule has 1 amide bonds.